The maximum atomic E-state index is 11.7. The summed E-state index contributed by atoms with van der Waals surface area (Å²) in [6.07, 6.45) is 7.71. The quantitative estimate of drug-likeness (QED) is 0.842. The van der Waals surface area contributed by atoms with Crippen molar-refractivity contribution in [2.75, 3.05) is 6.26 Å². The van der Waals surface area contributed by atoms with Crippen LogP contribution in [0.3, 0.4) is 0 Å². The first-order chi connectivity index (χ1) is 7.88. The highest BCUT2D eigenvalue weighted by Gasteiger charge is 2.49. The predicted octanol–water partition coefficient (Wildman–Crippen LogP) is 2.14. The molecule has 0 bridgehead atoms. The smallest absolute Gasteiger partial charge is 0.150 e. The molecule has 0 heterocycles. The van der Waals surface area contributed by atoms with Crippen molar-refractivity contribution in [2.24, 2.45) is 11.8 Å². The van der Waals surface area contributed by atoms with Gasteiger partial charge >= 0.3 is 0 Å². The minimum atomic E-state index is -2.94. The Morgan fingerprint density at radius 1 is 1.18 bits per heavy atom. The summed E-state index contributed by atoms with van der Waals surface area (Å²) in [6, 6.07) is 0. The van der Waals surface area contributed by atoms with E-state index in [1.54, 1.807) is 0 Å². The second-order valence-electron chi connectivity index (χ2n) is 5.93. The minimum Gasteiger partial charge on any atom is -0.389 e. The van der Waals surface area contributed by atoms with E-state index in [9.17, 15) is 13.5 Å². The Bertz CT molecular complexity index is 372. The van der Waals surface area contributed by atoms with Crippen molar-refractivity contribution in [3.05, 3.63) is 0 Å². The highest BCUT2D eigenvalue weighted by atomic mass is 32.2. The summed E-state index contributed by atoms with van der Waals surface area (Å²) < 4.78 is 23.3. The Morgan fingerprint density at radius 3 is 2.29 bits per heavy atom. The highest BCUT2D eigenvalue weighted by Crippen LogP contribution is 2.49. The van der Waals surface area contributed by atoms with Crippen molar-refractivity contribution in [1.29, 1.82) is 0 Å². The topological polar surface area (TPSA) is 54.4 Å². The second-order valence-corrected chi connectivity index (χ2v) is 8.26. The molecule has 100 valence electrons. The molecule has 0 spiro atoms. The van der Waals surface area contributed by atoms with Gasteiger partial charge in [-0.1, -0.05) is 13.3 Å². The first-order valence-electron chi connectivity index (χ1n) is 6.79. The molecule has 0 saturated heterocycles. The lowest BCUT2D eigenvalue weighted by Gasteiger charge is -2.40. The number of rotatable bonds is 4. The molecule has 2 fully saturated rings. The molecule has 0 aliphatic heterocycles. The Labute approximate surface area is 105 Å². The molecule has 0 amide bonds. The van der Waals surface area contributed by atoms with Crippen molar-refractivity contribution in [3.63, 3.8) is 0 Å². The molecule has 0 aromatic heterocycles. The molecule has 1 N–H and O–H groups in total. The molecule has 0 aromatic rings. The van der Waals surface area contributed by atoms with E-state index < -0.39 is 15.4 Å². The number of aliphatic hydroxyl groups is 1. The van der Waals surface area contributed by atoms with E-state index in [-0.39, 0.29) is 11.2 Å². The SMILES string of the molecule is CCC(O)(C1CC1)C1CCCC(S(C)(=O)=O)C1. The average molecular weight is 260 g/mol. The van der Waals surface area contributed by atoms with Crippen LogP contribution in [-0.2, 0) is 9.84 Å². The van der Waals surface area contributed by atoms with Gasteiger partial charge in [0.1, 0.15) is 9.84 Å². The van der Waals surface area contributed by atoms with Gasteiger partial charge in [-0.3, -0.25) is 0 Å². The fourth-order valence-corrected chi connectivity index (χ4v) is 4.66. The van der Waals surface area contributed by atoms with Gasteiger partial charge in [0.15, 0.2) is 0 Å². The molecule has 3 unspecified atom stereocenters. The lowest BCUT2D eigenvalue weighted by Crippen LogP contribution is -2.44. The second kappa shape index (κ2) is 4.54. The Kier molecular flexibility index (Phi) is 3.56. The van der Waals surface area contributed by atoms with Crippen molar-refractivity contribution in [3.8, 4) is 0 Å². The zero-order valence-electron chi connectivity index (χ0n) is 10.9. The third kappa shape index (κ3) is 2.68. The van der Waals surface area contributed by atoms with Gasteiger partial charge in [-0.2, -0.15) is 0 Å². The molecule has 3 atom stereocenters. The zero-order chi connectivity index (χ0) is 12.7. The van der Waals surface area contributed by atoms with E-state index in [1.807, 2.05) is 6.92 Å². The molecule has 0 radical (unpaired) electrons. The summed E-state index contributed by atoms with van der Waals surface area (Å²) in [5, 5.41) is 10.5. The van der Waals surface area contributed by atoms with E-state index in [0.717, 1.165) is 38.5 Å². The van der Waals surface area contributed by atoms with Gasteiger partial charge in [-0.25, -0.2) is 8.42 Å². The van der Waals surface area contributed by atoms with Crippen LogP contribution in [0.4, 0.5) is 0 Å². The molecular formula is C13H24O3S. The van der Waals surface area contributed by atoms with Crippen LogP contribution >= 0.6 is 0 Å². The molecule has 2 rings (SSSR count). The minimum absolute atomic E-state index is 0.188. The van der Waals surface area contributed by atoms with Crippen LogP contribution < -0.4 is 0 Å². The lowest BCUT2D eigenvalue weighted by molar-refractivity contribution is -0.0548. The van der Waals surface area contributed by atoms with Gasteiger partial charge in [0.25, 0.3) is 0 Å². The van der Waals surface area contributed by atoms with Crippen LogP contribution in [0.25, 0.3) is 0 Å². The van der Waals surface area contributed by atoms with Crippen LogP contribution in [0, 0.1) is 11.8 Å². The molecule has 0 aromatic carbocycles. The third-order valence-electron chi connectivity index (χ3n) is 4.79. The molecule has 2 aliphatic carbocycles. The van der Waals surface area contributed by atoms with Crippen molar-refractivity contribution in [2.45, 2.75) is 62.7 Å². The molecule has 3 nitrogen and oxygen atoms in total. The summed E-state index contributed by atoms with van der Waals surface area (Å²) in [6.45, 7) is 2.03. The fourth-order valence-electron chi connectivity index (χ4n) is 3.48. The predicted molar refractivity (Wildman–Crippen MR) is 68.6 cm³/mol. The maximum Gasteiger partial charge on any atom is 0.150 e. The maximum absolute atomic E-state index is 11.7. The molecule has 4 heteroatoms. The number of hydrogen-bond acceptors (Lipinski definition) is 3. The van der Waals surface area contributed by atoms with E-state index >= 15 is 0 Å². The van der Waals surface area contributed by atoms with Crippen LogP contribution in [0.2, 0.25) is 0 Å². The molecule has 17 heavy (non-hydrogen) atoms. The van der Waals surface area contributed by atoms with Crippen LogP contribution in [0.15, 0.2) is 0 Å². The fraction of sp³-hybridized carbons (Fsp3) is 1.00. The van der Waals surface area contributed by atoms with E-state index in [2.05, 4.69) is 0 Å². The van der Waals surface area contributed by atoms with Crippen LogP contribution in [-0.4, -0.2) is 30.6 Å². The Morgan fingerprint density at radius 2 is 1.82 bits per heavy atom. The highest BCUT2D eigenvalue weighted by molar-refractivity contribution is 7.91. The first kappa shape index (κ1) is 13.3. The van der Waals surface area contributed by atoms with E-state index in [1.165, 1.54) is 6.26 Å². The standard InChI is InChI=1S/C13H24O3S/c1-3-13(14,10-7-8-10)11-5-4-6-12(9-11)17(2,15)16/h10-12,14H,3-9H2,1-2H3. The van der Waals surface area contributed by atoms with Crippen molar-refractivity contribution < 1.29 is 13.5 Å². The Balaban J connectivity index is 2.11. The number of hydrogen-bond donors (Lipinski definition) is 1. The normalized spacial score (nSPS) is 34.3. The molecular weight excluding hydrogens is 236 g/mol. The largest absolute Gasteiger partial charge is 0.389 e. The lowest BCUT2D eigenvalue weighted by atomic mass is 9.73. The Hall–Kier alpha value is -0.0900. The van der Waals surface area contributed by atoms with Crippen molar-refractivity contribution in [1.82, 2.24) is 0 Å². The summed E-state index contributed by atoms with van der Waals surface area (Å²) in [5.41, 5.74) is -0.594. The third-order valence-corrected chi connectivity index (χ3v) is 6.43. The van der Waals surface area contributed by atoms with Gasteiger partial charge in [0.2, 0.25) is 0 Å². The molecule has 2 aliphatic rings. The van der Waals surface area contributed by atoms with E-state index in [0.29, 0.717) is 12.3 Å². The van der Waals surface area contributed by atoms with Crippen molar-refractivity contribution >= 4 is 9.84 Å². The van der Waals surface area contributed by atoms with Gasteiger partial charge in [0, 0.05) is 6.26 Å². The van der Waals surface area contributed by atoms with Gasteiger partial charge in [-0.15, -0.1) is 0 Å². The van der Waals surface area contributed by atoms with Gasteiger partial charge < -0.3 is 5.11 Å². The zero-order valence-corrected chi connectivity index (χ0v) is 11.7. The average Bonchev–Trinajstić information content (AvgIpc) is 3.11. The van der Waals surface area contributed by atoms with Gasteiger partial charge in [0.05, 0.1) is 10.9 Å². The van der Waals surface area contributed by atoms with E-state index in [4.69, 9.17) is 0 Å². The first-order valence-corrected chi connectivity index (χ1v) is 8.74. The summed E-state index contributed by atoms with van der Waals surface area (Å²) in [7, 11) is -2.94. The van der Waals surface area contributed by atoms with Crippen LogP contribution in [0.1, 0.15) is 51.9 Å². The summed E-state index contributed by atoms with van der Waals surface area (Å²) in [4.78, 5) is 0. The number of sulfone groups is 1. The van der Waals surface area contributed by atoms with Gasteiger partial charge in [-0.05, 0) is 50.4 Å². The van der Waals surface area contributed by atoms with Crippen LogP contribution in [0.5, 0.6) is 0 Å². The molecule has 2 saturated carbocycles. The summed E-state index contributed by atoms with van der Waals surface area (Å²) in [5.74, 6) is 0.615. The monoisotopic (exact) mass is 260 g/mol. The summed E-state index contributed by atoms with van der Waals surface area (Å²) >= 11 is 0.